The number of amides is 3. The maximum absolute atomic E-state index is 12.1. The first-order chi connectivity index (χ1) is 13.5. The summed E-state index contributed by atoms with van der Waals surface area (Å²) in [5.74, 6) is 1.60. The third-order valence-electron chi connectivity index (χ3n) is 5.76. The molecule has 2 saturated heterocycles. The minimum Gasteiger partial charge on any atom is -0.457 e. The molecule has 2 aliphatic rings. The van der Waals surface area contributed by atoms with E-state index in [0.29, 0.717) is 0 Å². The topological polar surface area (TPSA) is 70.7 Å². The minimum atomic E-state index is -0.785. The number of para-hydroxylation sites is 1. The highest BCUT2D eigenvalue weighted by atomic mass is 16.5. The lowest BCUT2D eigenvalue weighted by atomic mass is 9.79. The third-order valence-corrected chi connectivity index (χ3v) is 5.76. The largest absolute Gasteiger partial charge is 0.457 e. The molecule has 2 aromatic rings. The van der Waals surface area contributed by atoms with Crippen molar-refractivity contribution in [2.24, 2.45) is 5.92 Å². The molecule has 0 saturated carbocycles. The summed E-state index contributed by atoms with van der Waals surface area (Å²) in [5, 5.41) is 5.18. The fourth-order valence-electron chi connectivity index (χ4n) is 4.10. The van der Waals surface area contributed by atoms with Gasteiger partial charge < -0.3 is 10.1 Å². The number of rotatable bonds is 5. The van der Waals surface area contributed by atoms with E-state index in [2.05, 4.69) is 27.7 Å². The molecule has 2 aromatic carbocycles. The van der Waals surface area contributed by atoms with Crippen LogP contribution >= 0.6 is 0 Å². The van der Waals surface area contributed by atoms with Gasteiger partial charge in [-0.1, -0.05) is 30.3 Å². The lowest BCUT2D eigenvalue weighted by molar-refractivity contribution is -0.125. The molecule has 1 atom stereocenters. The quantitative estimate of drug-likeness (QED) is 0.782. The van der Waals surface area contributed by atoms with E-state index in [1.165, 1.54) is 5.56 Å². The zero-order valence-corrected chi connectivity index (χ0v) is 16.0. The summed E-state index contributed by atoms with van der Waals surface area (Å²) in [4.78, 5) is 26.0. The highest BCUT2D eigenvalue weighted by Crippen LogP contribution is 2.31. The molecule has 146 valence electrons. The van der Waals surface area contributed by atoms with Gasteiger partial charge in [-0.15, -0.1) is 0 Å². The van der Waals surface area contributed by atoms with E-state index < -0.39 is 5.54 Å². The van der Waals surface area contributed by atoms with Crippen LogP contribution in [0.1, 0.15) is 25.3 Å². The number of piperidine rings is 1. The Morgan fingerprint density at radius 3 is 2.43 bits per heavy atom. The highest BCUT2D eigenvalue weighted by molar-refractivity contribution is 6.06. The second kappa shape index (κ2) is 7.64. The summed E-state index contributed by atoms with van der Waals surface area (Å²) >= 11 is 0. The van der Waals surface area contributed by atoms with Crippen molar-refractivity contribution in [2.75, 3.05) is 13.1 Å². The molecule has 2 fully saturated rings. The Morgan fingerprint density at radius 2 is 1.75 bits per heavy atom. The summed E-state index contributed by atoms with van der Waals surface area (Å²) in [5.41, 5.74) is 0.414. The molecule has 0 unspecified atom stereocenters. The zero-order valence-electron chi connectivity index (χ0n) is 16.0. The van der Waals surface area contributed by atoms with Crippen molar-refractivity contribution in [2.45, 2.75) is 31.8 Å². The molecule has 0 aromatic heterocycles. The molecule has 0 aliphatic carbocycles. The molecule has 2 heterocycles. The van der Waals surface area contributed by atoms with Gasteiger partial charge in [0.05, 0.1) is 0 Å². The number of benzene rings is 2. The van der Waals surface area contributed by atoms with E-state index in [0.717, 1.165) is 44.0 Å². The van der Waals surface area contributed by atoms with Crippen LogP contribution in [0, 0.1) is 5.92 Å². The van der Waals surface area contributed by atoms with Gasteiger partial charge in [0.25, 0.3) is 5.91 Å². The van der Waals surface area contributed by atoms with Gasteiger partial charge in [0, 0.05) is 6.54 Å². The number of hydrogen-bond acceptors (Lipinski definition) is 4. The predicted molar refractivity (Wildman–Crippen MR) is 106 cm³/mol. The van der Waals surface area contributed by atoms with E-state index in [4.69, 9.17) is 4.74 Å². The van der Waals surface area contributed by atoms with E-state index in [9.17, 15) is 9.59 Å². The van der Waals surface area contributed by atoms with Crippen LogP contribution in [-0.2, 0) is 11.3 Å². The summed E-state index contributed by atoms with van der Waals surface area (Å²) in [6.45, 7) is 4.46. The maximum Gasteiger partial charge on any atom is 0.322 e. The smallest absolute Gasteiger partial charge is 0.322 e. The number of carbonyl (C=O) groups is 2. The summed E-state index contributed by atoms with van der Waals surface area (Å²) in [6, 6.07) is 17.5. The molecule has 0 spiro atoms. The fraction of sp³-hybridized carbons (Fsp3) is 0.364. The van der Waals surface area contributed by atoms with Gasteiger partial charge in [-0.25, -0.2) is 4.79 Å². The molecule has 6 nitrogen and oxygen atoms in total. The van der Waals surface area contributed by atoms with Gasteiger partial charge in [-0.2, -0.15) is 0 Å². The summed E-state index contributed by atoms with van der Waals surface area (Å²) in [7, 11) is 0. The molecule has 28 heavy (non-hydrogen) atoms. The van der Waals surface area contributed by atoms with Crippen LogP contribution in [0.4, 0.5) is 4.79 Å². The van der Waals surface area contributed by atoms with Crippen molar-refractivity contribution in [3.8, 4) is 11.5 Å². The first-order valence-corrected chi connectivity index (χ1v) is 9.71. The molecule has 6 heteroatoms. The Balaban J connectivity index is 1.34. The minimum absolute atomic E-state index is 0.156. The van der Waals surface area contributed by atoms with E-state index in [-0.39, 0.29) is 17.9 Å². The van der Waals surface area contributed by atoms with E-state index in [1.807, 2.05) is 49.4 Å². The molecule has 4 rings (SSSR count). The molecule has 2 N–H and O–H groups in total. The van der Waals surface area contributed by atoms with Gasteiger partial charge in [0.2, 0.25) is 0 Å². The Hall–Kier alpha value is -2.86. The Kier molecular flexibility index (Phi) is 5.05. The zero-order chi connectivity index (χ0) is 19.6. The monoisotopic (exact) mass is 379 g/mol. The first kappa shape index (κ1) is 18.5. The summed E-state index contributed by atoms with van der Waals surface area (Å²) < 4.78 is 5.92. The fourth-order valence-corrected chi connectivity index (χ4v) is 4.10. The van der Waals surface area contributed by atoms with Gasteiger partial charge in [0.1, 0.15) is 17.0 Å². The number of likely N-dealkylation sites (tertiary alicyclic amines) is 1. The van der Waals surface area contributed by atoms with Gasteiger partial charge in [-0.3, -0.25) is 15.0 Å². The SMILES string of the molecule is C[C@@]1(C2CCN(Cc3cccc(Oc4ccccc4)c3)CC2)NC(=O)NC1=O. The molecule has 0 radical (unpaired) electrons. The number of carbonyl (C=O) groups excluding carboxylic acids is 2. The molecular weight excluding hydrogens is 354 g/mol. The first-order valence-electron chi connectivity index (χ1n) is 9.71. The second-order valence-corrected chi connectivity index (χ2v) is 7.72. The van der Waals surface area contributed by atoms with E-state index in [1.54, 1.807) is 0 Å². The summed E-state index contributed by atoms with van der Waals surface area (Å²) in [6.07, 6.45) is 1.76. The van der Waals surface area contributed by atoms with Crippen LogP contribution in [0.3, 0.4) is 0 Å². The molecule has 0 bridgehead atoms. The number of urea groups is 1. The molecule has 2 aliphatic heterocycles. The number of ether oxygens (including phenoxy) is 1. The van der Waals surface area contributed by atoms with Crippen LogP contribution in [0.25, 0.3) is 0 Å². The normalized spacial score (nSPS) is 23.3. The van der Waals surface area contributed by atoms with Gasteiger partial charge in [0.15, 0.2) is 0 Å². The average Bonchev–Trinajstić information content (AvgIpc) is 2.96. The van der Waals surface area contributed by atoms with Crippen molar-refractivity contribution in [1.29, 1.82) is 0 Å². The average molecular weight is 379 g/mol. The number of hydrogen-bond donors (Lipinski definition) is 2. The molecule has 3 amide bonds. The standard InChI is InChI=1S/C22H25N3O3/c1-22(20(26)23-21(27)24-22)17-10-12-25(13-11-17)15-16-6-5-9-19(14-16)28-18-7-3-2-4-8-18/h2-9,14,17H,10-13,15H2,1H3,(H2,23,24,26,27)/t22-/m0/s1. The number of imide groups is 1. The van der Waals surface area contributed by atoms with Crippen molar-refractivity contribution >= 4 is 11.9 Å². The molecular formula is C22H25N3O3. The predicted octanol–water partition coefficient (Wildman–Crippen LogP) is 3.29. The maximum atomic E-state index is 12.1. The van der Waals surface area contributed by atoms with Crippen LogP contribution in [0.15, 0.2) is 54.6 Å². The van der Waals surface area contributed by atoms with E-state index >= 15 is 0 Å². The van der Waals surface area contributed by atoms with Crippen molar-refractivity contribution in [3.63, 3.8) is 0 Å². The third kappa shape index (κ3) is 3.87. The lowest BCUT2D eigenvalue weighted by Crippen LogP contribution is -2.53. The number of nitrogens with zero attached hydrogens (tertiary/aromatic N) is 1. The van der Waals surface area contributed by atoms with Crippen LogP contribution in [0.2, 0.25) is 0 Å². The Morgan fingerprint density at radius 1 is 1.04 bits per heavy atom. The highest BCUT2D eigenvalue weighted by Gasteiger charge is 2.48. The van der Waals surface area contributed by atoms with Crippen LogP contribution in [-0.4, -0.2) is 35.5 Å². The van der Waals surface area contributed by atoms with Gasteiger partial charge in [-0.05, 0) is 68.6 Å². The van der Waals surface area contributed by atoms with Crippen LogP contribution < -0.4 is 15.4 Å². The second-order valence-electron chi connectivity index (χ2n) is 7.72. The lowest BCUT2D eigenvalue weighted by Gasteiger charge is -2.38. The van der Waals surface area contributed by atoms with Gasteiger partial charge >= 0.3 is 6.03 Å². The van der Waals surface area contributed by atoms with Crippen molar-refractivity contribution in [1.82, 2.24) is 15.5 Å². The van der Waals surface area contributed by atoms with Crippen LogP contribution in [0.5, 0.6) is 11.5 Å². The number of nitrogens with one attached hydrogen (secondary N) is 2. The Bertz CT molecular complexity index is 862. The Labute approximate surface area is 164 Å². The van der Waals surface area contributed by atoms with Crippen molar-refractivity contribution in [3.05, 3.63) is 60.2 Å². The van der Waals surface area contributed by atoms with Crippen molar-refractivity contribution < 1.29 is 14.3 Å².